The van der Waals surface area contributed by atoms with Crippen molar-refractivity contribution in [2.45, 2.75) is 45.4 Å². The predicted octanol–water partition coefficient (Wildman–Crippen LogP) is 2.68. The minimum absolute atomic E-state index is 0.402. The summed E-state index contributed by atoms with van der Waals surface area (Å²) in [4.78, 5) is 14.5. The second-order valence-corrected chi connectivity index (χ2v) is 6.12. The molecule has 0 bridgehead atoms. The molecule has 0 aromatic carbocycles. The predicted molar refractivity (Wildman–Crippen MR) is 63.9 cm³/mol. The molecule has 0 radical (unpaired) electrons. The van der Waals surface area contributed by atoms with Gasteiger partial charge in [0.1, 0.15) is 0 Å². The number of hydrogen-bond acceptors (Lipinski definition) is 1. The highest BCUT2D eigenvalue weighted by Crippen LogP contribution is 2.54. The van der Waals surface area contributed by atoms with Gasteiger partial charge < -0.3 is 4.90 Å². The minimum Gasteiger partial charge on any atom is -0.342 e. The zero-order valence-corrected chi connectivity index (χ0v) is 10.3. The third-order valence-corrected chi connectivity index (χ3v) is 5.00. The van der Waals surface area contributed by atoms with Gasteiger partial charge in [0.2, 0.25) is 5.91 Å². The largest absolute Gasteiger partial charge is 0.342 e. The third kappa shape index (κ3) is 1.87. The number of carbonyl (C=O) groups is 1. The highest BCUT2D eigenvalue weighted by atomic mass is 16.2. The highest BCUT2D eigenvalue weighted by Gasteiger charge is 2.48. The van der Waals surface area contributed by atoms with Gasteiger partial charge in [0.15, 0.2) is 0 Å². The molecule has 2 heteroatoms. The van der Waals surface area contributed by atoms with Gasteiger partial charge in [0.05, 0.1) is 0 Å². The summed E-state index contributed by atoms with van der Waals surface area (Å²) in [5.74, 6) is 3.53. The van der Waals surface area contributed by atoms with Crippen LogP contribution in [-0.4, -0.2) is 23.9 Å². The molecule has 3 aliphatic rings. The van der Waals surface area contributed by atoms with Gasteiger partial charge in [-0.15, -0.1) is 0 Å². The molecular formula is C14H23NO. The molecule has 0 spiro atoms. The molecule has 0 N–H and O–H groups in total. The summed E-state index contributed by atoms with van der Waals surface area (Å²) in [5.41, 5.74) is 0. The smallest absolute Gasteiger partial charge is 0.225 e. The Morgan fingerprint density at radius 2 is 2.00 bits per heavy atom. The Morgan fingerprint density at radius 1 is 1.25 bits per heavy atom. The van der Waals surface area contributed by atoms with Gasteiger partial charge in [-0.3, -0.25) is 4.79 Å². The first-order valence-electron chi connectivity index (χ1n) is 7.06. The SMILES string of the molecule is CCC1CCCN(C(=O)C2CC3CC3C2)C1. The van der Waals surface area contributed by atoms with Gasteiger partial charge in [0.25, 0.3) is 0 Å². The van der Waals surface area contributed by atoms with E-state index in [1.807, 2.05) is 0 Å². The van der Waals surface area contributed by atoms with Crippen LogP contribution in [0.5, 0.6) is 0 Å². The molecule has 3 atom stereocenters. The Hall–Kier alpha value is -0.530. The topological polar surface area (TPSA) is 20.3 Å². The maximum atomic E-state index is 12.4. The Bertz CT molecular complexity index is 278. The van der Waals surface area contributed by atoms with E-state index in [2.05, 4.69) is 11.8 Å². The van der Waals surface area contributed by atoms with Crippen molar-refractivity contribution in [1.82, 2.24) is 4.90 Å². The molecule has 1 heterocycles. The number of rotatable bonds is 2. The summed E-state index contributed by atoms with van der Waals surface area (Å²) in [6, 6.07) is 0. The van der Waals surface area contributed by atoms with Crippen molar-refractivity contribution in [3.05, 3.63) is 0 Å². The Balaban J connectivity index is 1.57. The fourth-order valence-corrected chi connectivity index (χ4v) is 3.77. The molecule has 16 heavy (non-hydrogen) atoms. The number of fused-ring (bicyclic) bond motifs is 1. The van der Waals surface area contributed by atoms with E-state index in [9.17, 15) is 4.79 Å². The van der Waals surface area contributed by atoms with Crippen molar-refractivity contribution in [2.75, 3.05) is 13.1 Å². The second-order valence-electron chi connectivity index (χ2n) is 6.12. The van der Waals surface area contributed by atoms with Crippen LogP contribution in [0, 0.1) is 23.7 Å². The molecule has 0 aromatic rings. The van der Waals surface area contributed by atoms with Crippen LogP contribution in [0.2, 0.25) is 0 Å². The van der Waals surface area contributed by atoms with E-state index in [1.54, 1.807) is 0 Å². The maximum Gasteiger partial charge on any atom is 0.225 e. The van der Waals surface area contributed by atoms with Gasteiger partial charge in [-0.1, -0.05) is 13.3 Å². The van der Waals surface area contributed by atoms with E-state index >= 15 is 0 Å². The van der Waals surface area contributed by atoms with Crippen LogP contribution in [0.15, 0.2) is 0 Å². The molecule has 2 aliphatic carbocycles. The van der Waals surface area contributed by atoms with Crippen molar-refractivity contribution >= 4 is 5.91 Å². The number of nitrogens with zero attached hydrogens (tertiary/aromatic N) is 1. The number of likely N-dealkylation sites (tertiary alicyclic amines) is 1. The van der Waals surface area contributed by atoms with E-state index in [0.717, 1.165) is 30.8 Å². The molecular weight excluding hydrogens is 198 g/mol. The van der Waals surface area contributed by atoms with E-state index in [1.165, 1.54) is 38.5 Å². The average Bonchev–Trinajstić information content (AvgIpc) is 2.95. The molecule has 2 nitrogen and oxygen atoms in total. The van der Waals surface area contributed by atoms with Gasteiger partial charge in [-0.05, 0) is 49.9 Å². The molecule has 1 aliphatic heterocycles. The Morgan fingerprint density at radius 3 is 2.69 bits per heavy atom. The lowest BCUT2D eigenvalue weighted by molar-refractivity contribution is -0.137. The van der Waals surface area contributed by atoms with Crippen LogP contribution >= 0.6 is 0 Å². The highest BCUT2D eigenvalue weighted by molar-refractivity contribution is 5.79. The standard InChI is InChI=1S/C14H23NO/c1-2-10-4-3-5-15(9-10)14(16)13-7-11-6-12(11)8-13/h10-13H,2-9H2,1H3. The Kier molecular flexibility index (Phi) is 2.68. The van der Waals surface area contributed by atoms with Crippen molar-refractivity contribution in [3.8, 4) is 0 Å². The van der Waals surface area contributed by atoms with Gasteiger partial charge in [-0.2, -0.15) is 0 Å². The number of hydrogen-bond donors (Lipinski definition) is 0. The maximum absolute atomic E-state index is 12.4. The average molecular weight is 221 g/mol. The molecule has 3 fully saturated rings. The van der Waals surface area contributed by atoms with Crippen molar-refractivity contribution in [3.63, 3.8) is 0 Å². The summed E-state index contributed by atoms with van der Waals surface area (Å²) < 4.78 is 0. The molecule has 2 saturated carbocycles. The fourth-order valence-electron chi connectivity index (χ4n) is 3.77. The number of amides is 1. The summed E-state index contributed by atoms with van der Waals surface area (Å²) in [6.45, 7) is 4.33. The first-order chi connectivity index (χ1) is 7.78. The third-order valence-electron chi connectivity index (χ3n) is 5.00. The van der Waals surface area contributed by atoms with Gasteiger partial charge >= 0.3 is 0 Å². The van der Waals surface area contributed by atoms with E-state index in [0.29, 0.717) is 11.8 Å². The fraction of sp³-hybridized carbons (Fsp3) is 0.929. The molecule has 3 rings (SSSR count). The van der Waals surface area contributed by atoms with Gasteiger partial charge in [0, 0.05) is 19.0 Å². The summed E-state index contributed by atoms with van der Waals surface area (Å²) >= 11 is 0. The lowest BCUT2D eigenvalue weighted by Gasteiger charge is -2.34. The van der Waals surface area contributed by atoms with Crippen molar-refractivity contribution < 1.29 is 4.79 Å². The summed E-state index contributed by atoms with van der Waals surface area (Å²) in [7, 11) is 0. The van der Waals surface area contributed by atoms with Gasteiger partial charge in [-0.25, -0.2) is 0 Å². The molecule has 1 saturated heterocycles. The monoisotopic (exact) mass is 221 g/mol. The van der Waals surface area contributed by atoms with Crippen molar-refractivity contribution in [2.24, 2.45) is 23.7 Å². The molecule has 1 amide bonds. The number of piperidine rings is 1. The lowest BCUT2D eigenvalue weighted by atomic mass is 9.93. The zero-order chi connectivity index (χ0) is 11.1. The minimum atomic E-state index is 0.402. The van der Waals surface area contributed by atoms with Crippen LogP contribution in [0.1, 0.15) is 45.4 Å². The molecule has 90 valence electrons. The quantitative estimate of drug-likeness (QED) is 0.702. The lowest BCUT2D eigenvalue weighted by Crippen LogP contribution is -2.42. The van der Waals surface area contributed by atoms with Crippen molar-refractivity contribution in [1.29, 1.82) is 0 Å². The normalized spacial score (nSPS) is 41.9. The first kappa shape index (κ1) is 10.6. The van der Waals surface area contributed by atoms with Crippen LogP contribution < -0.4 is 0 Å². The van der Waals surface area contributed by atoms with Crippen LogP contribution in [0.4, 0.5) is 0 Å². The zero-order valence-electron chi connectivity index (χ0n) is 10.3. The second kappa shape index (κ2) is 4.05. The van der Waals surface area contributed by atoms with Crippen LogP contribution in [-0.2, 0) is 4.79 Å². The van der Waals surface area contributed by atoms with Crippen LogP contribution in [0.25, 0.3) is 0 Å². The van der Waals surface area contributed by atoms with E-state index in [4.69, 9.17) is 0 Å². The Labute approximate surface area is 98.4 Å². The molecule has 3 unspecified atom stereocenters. The first-order valence-corrected chi connectivity index (χ1v) is 7.06. The van der Waals surface area contributed by atoms with E-state index < -0.39 is 0 Å². The number of carbonyl (C=O) groups excluding carboxylic acids is 1. The van der Waals surface area contributed by atoms with Crippen LogP contribution in [0.3, 0.4) is 0 Å². The summed E-state index contributed by atoms with van der Waals surface area (Å²) in [5, 5.41) is 0. The summed E-state index contributed by atoms with van der Waals surface area (Å²) in [6.07, 6.45) is 7.62. The van der Waals surface area contributed by atoms with E-state index in [-0.39, 0.29) is 0 Å². The molecule has 0 aromatic heterocycles.